The summed E-state index contributed by atoms with van der Waals surface area (Å²) in [4.78, 5) is 13.8. The maximum absolute atomic E-state index is 12.7. The Labute approximate surface area is 110 Å². The van der Waals surface area contributed by atoms with Gasteiger partial charge in [0.25, 0.3) is 5.91 Å². The van der Waals surface area contributed by atoms with Gasteiger partial charge in [0.05, 0.1) is 7.11 Å². The number of hydrogen-bond acceptors (Lipinski definition) is 3. The van der Waals surface area contributed by atoms with Crippen molar-refractivity contribution >= 4 is 21.8 Å². The second-order valence-corrected chi connectivity index (χ2v) is 6.28. The minimum Gasteiger partial charge on any atom is -0.274 e. The molecule has 1 amide bonds. The Balaban J connectivity index is 3.50. The molecular weight excluding hydrogens is 311 g/mol. The molecule has 0 radical (unpaired) electrons. The van der Waals surface area contributed by atoms with E-state index in [1.54, 1.807) is 0 Å². The molecule has 0 aliphatic rings. The largest absolute Gasteiger partial charge is 0.310 e. The number of nitrogens with zero attached hydrogens (tertiary/aromatic N) is 1. The van der Waals surface area contributed by atoms with Crippen LogP contribution >= 0.6 is 10.2 Å². The van der Waals surface area contributed by atoms with Crippen LogP contribution in [0.15, 0.2) is 23.1 Å². The zero-order valence-electron chi connectivity index (χ0n) is 10.3. The highest BCUT2D eigenvalue weighted by Gasteiger charge is 2.65. The number of nitrogens with two attached hydrogens (primary N) is 1. The van der Waals surface area contributed by atoms with E-state index in [4.69, 9.17) is 5.21 Å². The molecule has 3 N–H and O–H groups in total. The third-order valence-electron chi connectivity index (χ3n) is 2.33. The minimum atomic E-state index is -9.96. The summed E-state index contributed by atoms with van der Waals surface area (Å²) in [5, 5.41) is 9.28. The number of benzene rings is 1. The van der Waals surface area contributed by atoms with Crippen molar-refractivity contribution < 1.29 is 39.7 Å². The highest BCUT2D eigenvalue weighted by molar-refractivity contribution is 8.45. The van der Waals surface area contributed by atoms with Crippen LogP contribution in [0.5, 0.6) is 0 Å². The van der Waals surface area contributed by atoms with Gasteiger partial charge in [0.15, 0.2) is 5.69 Å². The molecule has 0 aliphatic carbocycles. The SMILES string of the molecule is CON(C)C(=O)c1cc([NH2+]O)cc(S(F)(F)(F)(F)F)c1. The van der Waals surface area contributed by atoms with Crippen LogP contribution in [-0.4, -0.2) is 30.3 Å². The number of carbonyl (C=O) groups excluding carboxylic acids is 1. The van der Waals surface area contributed by atoms with Crippen molar-refractivity contribution in [2.24, 2.45) is 0 Å². The molecule has 116 valence electrons. The van der Waals surface area contributed by atoms with Gasteiger partial charge >= 0.3 is 10.2 Å². The normalized spacial score (nSPS) is 15.4. The standard InChI is InChI=1S/C9H11F5N2O3S/c1-16(19-2)9(17)6-3-7(15-18)5-8(4-6)20(10,11,12,13)14/h3-5,15,18H,1-2H3/p+1. The van der Waals surface area contributed by atoms with E-state index in [1.165, 1.54) is 0 Å². The second-order valence-electron chi connectivity index (χ2n) is 3.87. The summed E-state index contributed by atoms with van der Waals surface area (Å²) in [6.45, 7) is 0. The number of halogens is 5. The highest BCUT2D eigenvalue weighted by atomic mass is 32.5. The number of quaternary nitrogens is 1. The molecule has 0 saturated carbocycles. The van der Waals surface area contributed by atoms with Gasteiger partial charge in [0, 0.05) is 24.7 Å². The molecule has 0 fully saturated rings. The van der Waals surface area contributed by atoms with Crippen LogP contribution in [0, 0.1) is 0 Å². The predicted molar refractivity (Wildman–Crippen MR) is 60.3 cm³/mol. The van der Waals surface area contributed by atoms with Crippen molar-refractivity contribution in [3.63, 3.8) is 0 Å². The molecule has 0 saturated heterocycles. The smallest absolute Gasteiger partial charge is 0.274 e. The van der Waals surface area contributed by atoms with Gasteiger partial charge < -0.3 is 0 Å². The van der Waals surface area contributed by atoms with Crippen LogP contribution in [0.1, 0.15) is 10.4 Å². The lowest BCUT2D eigenvalue weighted by atomic mass is 10.2. The summed E-state index contributed by atoms with van der Waals surface area (Å²) < 4.78 is 63.7. The molecule has 20 heavy (non-hydrogen) atoms. The Morgan fingerprint density at radius 1 is 1.25 bits per heavy atom. The number of amides is 1. The van der Waals surface area contributed by atoms with E-state index in [2.05, 4.69) is 4.84 Å². The fourth-order valence-corrected chi connectivity index (χ4v) is 2.02. The number of rotatable bonds is 4. The Bertz CT molecular complexity index is 548. The Hall–Kier alpha value is -1.43. The van der Waals surface area contributed by atoms with E-state index >= 15 is 0 Å². The number of hydroxylamine groups is 2. The molecule has 0 aliphatic heterocycles. The molecule has 1 aromatic carbocycles. The van der Waals surface area contributed by atoms with Gasteiger partial charge in [-0.1, -0.05) is 19.4 Å². The molecule has 5 nitrogen and oxygen atoms in total. The van der Waals surface area contributed by atoms with Crippen LogP contribution in [0.4, 0.5) is 25.1 Å². The third-order valence-corrected chi connectivity index (χ3v) is 3.46. The Morgan fingerprint density at radius 2 is 1.80 bits per heavy atom. The monoisotopic (exact) mass is 323 g/mol. The predicted octanol–water partition coefficient (Wildman–Crippen LogP) is 2.56. The highest BCUT2D eigenvalue weighted by Crippen LogP contribution is 3.02. The van der Waals surface area contributed by atoms with Gasteiger partial charge in [-0.2, -0.15) is 5.48 Å². The second kappa shape index (κ2) is 4.28. The maximum Gasteiger partial charge on any atom is 0.310 e. The lowest BCUT2D eigenvalue weighted by molar-refractivity contribution is -0.825. The molecule has 0 unspecified atom stereocenters. The molecule has 0 heterocycles. The van der Waals surface area contributed by atoms with Crippen molar-refractivity contribution in [2.75, 3.05) is 14.2 Å². The van der Waals surface area contributed by atoms with E-state index in [-0.39, 0.29) is 17.6 Å². The van der Waals surface area contributed by atoms with Crippen LogP contribution < -0.4 is 5.48 Å². The molecule has 1 aromatic rings. The van der Waals surface area contributed by atoms with Crippen molar-refractivity contribution in [1.82, 2.24) is 5.06 Å². The van der Waals surface area contributed by atoms with Gasteiger partial charge in [0.1, 0.15) is 4.90 Å². The maximum atomic E-state index is 12.7. The van der Waals surface area contributed by atoms with Crippen LogP contribution in [0.3, 0.4) is 0 Å². The van der Waals surface area contributed by atoms with E-state index in [0.29, 0.717) is 5.06 Å². The van der Waals surface area contributed by atoms with Crippen LogP contribution in [-0.2, 0) is 4.84 Å². The fraction of sp³-hybridized carbons (Fsp3) is 0.222. The quantitative estimate of drug-likeness (QED) is 0.508. The first-order valence-corrected chi connectivity index (χ1v) is 6.92. The first-order chi connectivity index (χ1) is 8.78. The summed E-state index contributed by atoms with van der Waals surface area (Å²) in [6.07, 6.45) is 0. The van der Waals surface area contributed by atoms with Crippen molar-refractivity contribution in [3.05, 3.63) is 23.8 Å². The van der Waals surface area contributed by atoms with Gasteiger partial charge in [0.2, 0.25) is 0 Å². The van der Waals surface area contributed by atoms with Crippen molar-refractivity contribution in [3.8, 4) is 0 Å². The summed E-state index contributed by atoms with van der Waals surface area (Å²) in [7, 11) is -7.79. The molecule has 0 aromatic heterocycles. The molecule has 0 spiro atoms. The van der Waals surface area contributed by atoms with Gasteiger partial charge in [-0.15, -0.1) is 0 Å². The van der Waals surface area contributed by atoms with Crippen molar-refractivity contribution in [2.45, 2.75) is 4.90 Å². The van der Waals surface area contributed by atoms with E-state index in [1.807, 2.05) is 0 Å². The summed E-state index contributed by atoms with van der Waals surface area (Å²) >= 11 is 0. The zero-order chi connectivity index (χ0) is 15.8. The van der Waals surface area contributed by atoms with Gasteiger partial charge in [-0.3, -0.25) is 9.63 Å². The zero-order valence-corrected chi connectivity index (χ0v) is 11.1. The molecule has 0 atom stereocenters. The van der Waals surface area contributed by atoms with Crippen LogP contribution in [0.25, 0.3) is 0 Å². The average Bonchev–Trinajstić information content (AvgIpc) is 2.33. The summed E-state index contributed by atoms with van der Waals surface area (Å²) in [6, 6.07) is 0.905. The first-order valence-electron chi connectivity index (χ1n) is 4.97. The lowest BCUT2D eigenvalue weighted by Gasteiger charge is -2.40. The Morgan fingerprint density at radius 3 is 2.20 bits per heavy atom. The number of carbonyl (C=O) groups is 1. The fourth-order valence-electron chi connectivity index (χ4n) is 1.31. The minimum absolute atomic E-state index is 0.0202. The van der Waals surface area contributed by atoms with E-state index in [9.17, 15) is 24.2 Å². The first kappa shape index (κ1) is 16.6. The molecular formula is C9H12F5N2O3S+. The number of hydrogen-bond donors (Lipinski definition) is 2. The summed E-state index contributed by atoms with van der Waals surface area (Å²) in [5.74, 6) is -1.07. The topological polar surface area (TPSA) is 66.4 Å². The van der Waals surface area contributed by atoms with Crippen LogP contribution in [0.2, 0.25) is 0 Å². The van der Waals surface area contributed by atoms with Gasteiger partial charge in [-0.25, -0.2) is 10.3 Å². The van der Waals surface area contributed by atoms with E-state index in [0.717, 1.165) is 20.2 Å². The Kier molecular flexibility index (Phi) is 3.56. The van der Waals surface area contributed by atoms with Gasteiger partial charge in [-0.05, 0) is 6.07 Å². The average molecular weight is 323 g/mol. The lowest BCUT2D eigenvalue weighted by Crippen LogP contribution is -2.73. The summed E-state index contributed by atoms with van der Waals surface area (Å²) in [5.41, 5.74) is -1.08. The molecule has 1 rings (SSSR count). The molecule has 11 heteroatoms. The van der Waals surface area contributed by atoms with E-state index < -0.39 is 32.3 Å². The third kappa shape index (κ3) is 3.79. The molecule has 0 bridgehead atoms. The van der Waals surface area contributed by atoms with Crippen molar-refractivity contribution in [1.29, 1.82) is 0 Å².